The Labute approximate surface area is 161 Å². The predicted octanol–water partition coefficient (Wildman–Crippen LogP) is 3.56. The smallest absolute Gasteiger partial charge is 0.319 e. The molecule has 1 aliphatic heterocycles. The van der Waals surface area contributed by atoms with Gasteiger partial charge in [-0.1, -0.05) is 13.0 Å². The van der Waals surface area contributed by atoms with E-state index in [1.165, 1.54) is 0 Å². The Balaban J connectivity index is 1.43. The number of hydrogen-bond donors (Lipinski definition) is 4. The third-order valence-electron chi connectivity index (χ3n) is 4.70. The van der Waals surface area contributed by atoms with Crippen LogP contribution in [0.15, 0.2) is 42.7 Å². The van der Waals surface area contributed by atoms with Crippen molar-refractivity contribution in [3.63, 3.8) is 0 Å². The highest BCUT2D eigenvalue weighted by atomic mass is 16.5. The van der Waals surface area contributed by atoms with Crippen molar-refractivity contribution < 1.29 is 14.3 Å². The third-order valence-corrected chi connectivity index (χ3v) is 4.70. The minimum atomic E-state index is -0.495. The molecule has 1 aliphatic rings. The largest absolute Gasteiger partial charge is 0.478 e. The number of anilines is 2. The van der Waals surface area contributed by atoms with Gasteiger partial charge in [0.05, 0.1) is 23.6 Å². The first kappa shape index (κ1) is 17.8. The first-order valence-corrected chi connectivity index (χ1v) is 9.15. The zero-order valence-corrected chi connectivity index (χ0v) is 15.6. The zero-order valence-electron chi connectivity index (χ0n) is 15.6. The van der Waals surface area contributed by atoms with E-state index in [9.17, 15) is 9.59 Å². The van der Waals surface area contributed by atoms with Crippen LogP contribution in [0.4, 0.5) is 16.2 Å². The number of carbonyl (C=O) groups excluding carboxylic acids is 2. The topological polar surface area (TPSA) is 108 Å². The first-order valence-electron chi connectivity index (χ1n) is 9.15. The summed E-state index contributed by atoms with van der Waals surface area (Å²) in [5.41, 5.74) is 2.89. The molecule has 0 saturated heterocycles. The Morgan fingerprint density at radius 1 is 1.32 bits per heavy atom. The lowest BCUT2D eigenvalue weighted by Gasteiger charge is -2.26. The average Bonchev–Trinajstić information content (AvgIpc) is 3.14. The summed E-state index contributed by atoms with van der Waals surface area (Å²) < 4.78 is 5.77. The molecule has 0 fully saturated rings. The normalized spacial score (nSPS) is 16.6. The van der Waals surface area contributed by atoms with Gasteiger partial charge in [-0.2, -0.15) is 0 Å². The summed E-state index contributed by atoms with van der Waals surface area (Å²) in [6.45, 7) is 3.78. The van der Waals surface area contributed by atoms with Crippen LogP contribution in [0.2, 0.25) is 0 Å². The highest BCUT2D eigenvalue weighted by Gasteiger charge is 2.26. The number of H-pyrrole nitrogens is 1. The molecule has 0 radical (unpaired) electrons. The van der Waals surface area contributed by atoms with Crippen LogP contribution < -0.4 is 20.7 Å². The number of hydrogen-bond acceptors (Lipinski definition) is 4. The quantitative estimate of drug-likeness (QED) is 0.556. The fourth-order valence-corrected chi connectivity index (χ4v) is 3.15. The van der Waals surface area contributed by atoms with Crippen molar-refractivity contribution in [2.24, 2.45) is 0 Å². The maximum atomic E-state index is 12.4. The molecule has 0 spiro atoms. The van der Waals surface area contributed by atoms with Crippen molar-refractivity contribution in [3.05, 3.63) is 48.3 Å². The van der Waals surface area contributed by atoms with Crippen LogP contribution in [0.3, 0.4) is 0 Å². The summed E-state index contributed by atoms with van der Waals surface area (Å²) in [6, 6.07) is 8.64. The second-order valence-corrected chi connectivity index (χ2v) is 6.72. The molecule has 0 aliphatic carbocycles. The molecule has 0 saturated carbocycles. The molecule has 3 aromatic rings. The molecule has 0 bridgehead atoms. The van der Waals surface area contributed by atoms with Gasteiger partial charge in [-0.15, -0.1) is 0 Å². The molecule has 8 nitrogen and oxygen atoms in total. The van der Waals surface area contributed by atoms with E-state index < -0.39 is 6.10 Å². The molecule has 2 unspecified atom stereocenters. The van der Waals surface area contributed by atoms with Gasteiger partial charge in [-0.05, 0) is 43.2 Å². The van der Waals surface area contributed by atoms with Crippen LogP contribution in [0.5, 0.6) is 5.75 Å². The summed E-state index contributed by atoms with van der Waals surface area (Å²) in [6.07, 6.45) is 3.49. The highest BCUT2D eigenvalue weighted by Crippen LogP contribution is 2.33. The Morgan fingerprint density at radius 3 is 3.00 bits per heavy atom. The molecule has 1 aromatic carbocycles. The number of rotatable bonds is 4. The van der Waals surface area contributed by atoms with Gasteiger partial charge in [0.2, 0.25) is 0 Å². The average molecular weight is 379 g/mol. The predicted molar refractivity (Wildman–Crippen MR) is 106 cm³/mol. The van der Waals surface area contributed by atoms with Crippen molar-refractivity contribution in [3.8, 4) is 5.75 Å². The van der Waals surface area contributed by atoms with Gasteiger partial charge in [0, 0.05) is 11.6 Å². The molecule has 144 valence electrons. The number of ether oxygens (including phenoxy) is 1. The molecule has 4 N–H and O–H groups in total. The molecule has 28 heavy (non-hydrogen) atoms. The van der Waals surface area contributed by atoms with Crippen LogP contribution >= 0.6 is 0 Å². The molecule has 4 rings (SSSR count). The van der Waals surface area contributed by atoms with Crippen molar-refractivity contribution in [2.45, 2.75) is 32.4 Å². The van der Waals surface area contributed by atoms with Crippen LogP contribution in [0, 0.1) is 0 Å². The van der Waals surface area contributed by atoms with E-state index in [1.54, 1.807) is 18.5 Å². The number of urea groups is 1. The number of fused-ring (bicyclic) bond motifs is 2. The Kier molecular flexibility index (Phi) is 4.60. The maximum Gasteiger partial charge on any atom is 0.319 e. The number of nitrogens with zero attached hydrogens (tertiary/aromatic N) is 1. The van der Waals surface area contributed by atoms with Gasteiger partial charge < -0.3 is 25.7 Å². The molecule has 2 aromatic heterocycles. The second-order valence-electron chi connectivity index (χ2n) is 6.72. The highest BCUT2D eigenvalue weighted by molar-refractivity contribution is 5.97. The number of aromatic amines is 1. The van der Waals surface area contributed by atoms with Crippen LogP contribution in [0.1, 0.15) is 31.9 Å². The van der Waals surface area contributed by atoms with E-state index in [1.807, 2.05) is 38.1 Å². The number of nitrogens with one attached hydrogen (secondary N) is 4. The van der Waals surface area contributed by atoms with Crippen molar-refractivity contribution in [2.75, 3.05) is 10.6 Å². The SMILES string of the molecule is CCC1Oc2cc(C(C)NC(=O)Nc3cnc4[nH]ccc4c3)ccc2NC1=O. The van der Waals surface area contributed by atoms with Crippen LogP contribution in [-0.4, -0.2) is 28.0 Å². The van der Waals surface area contributed by atoms with Crippen LogP contribution in [0.25, 0.3) is 11.0 Å². The van der Waals surface area contributed by atoms with E-state index in [2.05, 4.69) is 25.9 Å². The van der Waals surface area contributed by atoms with Crippen molar-refractivity contribution in [1.29, 1.82) is 0 Å². The van der Waals surface area contributed by atoms with Gasteiger partial charge >= 0.3 is 6.03 Å². The first-order chi connectivity index (χ1) is 13.5. The molecule has 8 heteroatoms. The number of benzene rings is 1. The lowest BCUT2D eigenvalue weighted by Crippen LogP contribution is -2.36. The molecular formula is C20H21N5O3. The molecule has 3 amide bonds. The van der Waals surface area contributed by atoms with Gasteiger partial charge in [-0.25, -0.2) is 9.78 Å². The Hall–Kier alpha value is -3.55. The standard InChI is InChI=1S/C20H21N5O3/c1-3-16-19(26)25-15-5-4-12(9-17(15)28-16)11(2)23-20(27)24-14-8-13-6-7-21-18(13)22-10-14/h4-11,16H,3H2,1-2H3,(H,21,22)(H,25,26)(H2,23,24,27). The number of aromatic nitrogens is 2. The Morgan fingerprint density at radius 2 is 2.18 bits per heavy atom. The van der Waals surface area contributed by atoms with E-state index in [-0.39, 0.29) is 18.0 Å². The maximum absolute atomic E-state index is 12.4. The minimum absolute atomic E-state index is 0.138. The third kappa shape index (κ3) is 3.48. The fourth-order valence-electron chi connectivity index (χ4n) is 3.15. The zero-order chi connectivity index (χ0) is 19.7. The van der Waals surface area contributed by atoms with Gasteiger partial charge in [0.25, 0.3) is 5.91 Å². The summed E-state index contributed by atoms with van der Waals surface area (Å²) in [4.78, 5) is 31.5. The molecule has 2 atom stereocenters. The lowest BCUT2D eigenvalue weighted by atomic mass is 10.1. The molecule has 3 heterocycles. The van der Waals surface area contributed by atoms with Gasteiger partial charge in [0.15, 0.2) is 6.10 Å². The monoisotopic (exact) mass is 379 g/mol. The summed E-state index contributed by atoms with van der Waals surface area (Å²) >= 11 is 0. The van der Waals surface area contributed by atoms with E-state index in [0.717, 1.165) is 16.6 Å². The lowest BCUT2D eigenvalue weighted by molar-refractivity contribution is -0.123. The minimum Gasteiger partial charge on any atom is -0.478 e. The fraction of sp³-hybridized carbons (Fsp3) is 0.250. The summed E-state index contributed by atoms with van der Waals surface area (Å²) in [7, 11) is 0. The van der Waals surface area contributed by atoms with E-state index >= 15 is 0 Å². The van der Waals surface area contributed by atoms with E-state index in [4.69, 9.17) is 4.74 Å². The molecular weight excluding hydrogens is 358 g/mol. The van der Waals surface area contributed by atoms with E-state index in [0.29, 0.717) is 23.5 Å². The number of carbonyl (C=O) groups is 2. The van der Waals surface area contributed by atoms with Crippen molar-refractivity contribution >= 4 is 34.3 Å². The van der Waals surface area contributed by atoms with Crippen molar-refractivity contribution in [1.82, 2.24) is 15.3 Å². The summed E-state index contributed by atoms with van der Waals surface area (Å²) in [5, 5.41) is 9.45. The van der Waals surface area contributed by atoms with Gasteiger partial charge in [0.1, 0.15) is 11.4 Å². The number of pyridine rings is 1. The summed E-state index contributed by atoms with van der Waals surface area (Å²) in [5.74, 6) is 0.474. The number of amides is 3. The second kappa shape index (κ2) is 7.22. The van der Waals surface area contributed by atoms with Crippen LogP contribution in [-0.2, 0) is 4.79 Å². The Bertz CT molecular complexity index is 1050. The van der Waals surface area contributed by atoms with Gasteiger partial charge in [-0.3, -0.25) is 4.79 Å².